The SMILES string of the molecule is COc1ccc(CC(N)C2SCCSC2C)cc1F. The largest absolute Gasteiger partial charge is 0.494 e. The van der Waals surface area contributed by atoms with Crippen molar-refractivity contribution in [3.05, 3.63) is 29.6 Å². The Kier molecular flexibility index (Phi) is 5.42. The van der Waals surface area contributed by atoms with E-state index < -0.39 is 0 Å². The first-order valence-electron chi connectivity index (χ1n) is 6.43. The molecule has 1 saturated heterocycles. The first kappa shape index (κ1) is 15.0. The maximum atomic E-state index is 13.6. The van der Waals surface area contributed by atoms with E-state index in [-0.39, 0.29) is 17.6 Å². The average molecular weight is 301 g/mol. The molecule has 1 aliphatic rings. The maximum absolute atomic E-state index is 13.6. The van der Waals surface area contributed by atoms with E-state index in [2.05, 4.69) is 6.92 Å². The van der Waals surface area contributed by atoms with E-state index >= 15 is 0 Å². The summed E-state index contributed by atoms with van der Waals surface area (Å²) in [7, 11) is 1.47. The maximum Gasteiger partial charge on any atom is 0.165 e. The van der Waals surface area contributed by atoms with E-state index in [1.54, 1.807) is 6.07 Å². The Morgan fingerprint density at radius 3 is 2.79 bits per heavy atom. The van der Waals surface area contributed by atoms with E-state index in [0.29, 0.717) is 16.9 Å². The number of hydrogen-bond acceptors (Lipinski definition) is 4. The first-order valence-corrected chi connectivity index (χ1v) is 8.52. The van der Waals surface area contributed by atoms with Crippen molar-refractivity contribution in [3.8, 4) is 5.75 Å². The van der Waals surface area contributed by atoms with Crippen LogP contribution in [-0.4, -0.2) is 35.2 Å². The zero-order valence-electron chi connectivity index (χ0n) is 11.3. The topological polar surface area (TPSA) is 35.2 Å². The number of hydrogen-bond donors (Lipinski definition) is 1. The summed E-state index contributed by atoms with van der Waals surface area (Å²) in [4.78, 5) is 0. The van der Waals surface area contributed by atoms with Crippen molar-refractivity contribution < 1.29 is 9.13 Å². The minimum atomic E-state index is -0.314. The normalized spacial score (nSPS) is 25.1. The minimum absolute atomic E-state index is 0.0700. The van der Waals surface area contributed by atoms with Crippen LogP contribution in [0.15, 0.2) is 18.2 Å². The van der Waals surface area contributed by atoms with Gasteiger partial charge < -0.3 is 10.5 Å². The van der Waals surface area contributed by atoms with Gasteiger partial charge in [0.05, 0.1) is 7.11 Å². The number of thioether (sulfide) groups is 2. The molecule has 2 nitrogen and oxygen atoms in total. The Balaban J connectivity index is 2.01. The van der Waals surface area contributed by atoms with Crippen molar-refractivity contribution in [2.24, 2.45) is 5.73 Å². The second kappa shape index (κ2) is 6.86. The predicted molar refractivity (Wildman–Crippen MR) is 82.8 cm³/mol. The van der Waals surface area contributed by atoms with Gasteiger partial charge >= 0.3 is 0 Å². The van der Waals surface area contributed by atoms with Crippen LogP contribution >= 0.6 is 23.5 Å². The first-order chi connectivity index (χ1) is 9.11. The highest BCUT2D eigenvalue weighted by Crippen LogP contribution is 2.33. The molecule has 3 unspecified atom stereocenters. The van der Waals surface area contributed by atoms with Crippen LogP contribution < -0.4 is 10.5 Å². The predicted octanol–water partition coefficient (Wildman–Crippen LogP) is 2.94. The van der Waals surface area contributed by atoms with Gasteiger partial charge in [-0.1, -0.05) is 13.0 Å². The van der Waals surface area contributed by atoms with Gasteiger partial charge in [0.1, 0.15) is 0 Å². The molecule has 0 aromatic heterocycles. The Morgan fingerprint density at radius 1 is 1.42 bits per heavy atom. The third kappa shape index (κ3) is 3.80. The molecule has 1 fully saturated rings. The van der Waals surface area contributed by atoms with Crippen LogP contribution in [0.5, 0.6) is 5.75 Å². The molecule has 0 amide bonds. The number of rotatable bonds is 4. The van der Waals surface area contributed by atoms with Gasteiger partial charge in [0, 0.05) is 28.0 Å². The Labute approximate surface area is 122 Å². The quantitative estimate of drug-likeness (QED) is 0.927. The summed E-state index contributed by atoms with van der Waals surface area (Å²) in [5.41, 5.74) is 7.24. The molecule has 0 spiro atoms. The summed E-state index contributed by atoms with van der Waals surface area (Å²) >= 11 is 3.93. The number of halogens is 1. The third-order valence-electron chi connectivity index (χ3n) is 3.35. The highest BCUT2D eigenvalue weighted by Gasteiger charge is 2.28. The van der Waals surface area contributed by atoms with Crippen molar-refractivity contribution in [1.82, 2.24) is 0 Å². The van der Waals surface area contributed by atoms with Crippen molar-refractivity contribution in [2.75, 3.05) is 18.6 Å². The minimum Gasteiger partial charge on any atom is -0.494 e. The average Bonchev–Trinajstić information content (AvgIpc) is 2.39. The lowest BCUT2D eigenvalue weighted by atomic mass is 10.0. The van der Waals surface area contributed by atoms with Crippen LogP contribution in [0.4, 0.5) is 4.39 Å². The third-order valence-corrected chi connectivity index (χ3v) is 6.62. The summed E-state index contributed by atoms with van der Waals surface area (Å²) in [6, 6.07) is 5.17. The summed E-state index contributed by atoms with van der Waals surface area (Å²) in [5, 5.41) is 1.01. The van der Waals surface area contributed by atoms with Crippen LogP contribution in [0.1, 0.15) is 12.5 Å². The Bertz CT molecular complexity index is 430. The number of methoxy groups -OCH3 is 1. The van der Waals surface area contributed by atoms with E-state index in [4.69, 9.17) is 10.5 Å². The molecule has 19 heavy (non-hydrogen) atoms. The molecule has 1 aromatic carbocycles. The van der Waals surface area contributed by atoms with E-state index in [1.165, 1.54) is 18.9 Å². The van der Waals surface area contributed by atoms with Crippen molar-refractivity contribution in [2.45, 2.75) is 29.9 Å². The second-order valence-electron chi connectivity index (χ2n) is 4.75. The molecule has 0 radical (unpaired) electrons. The van der Waals surface area contributed by atoms with Gasteiger partial charge in [-0.25, -0.2) is 4.39 Å². The summed E-state index contributed by atoms with van der Waals surface area (Å²) in [5.74, 6) is 2.33. The summed E-state index contributed by atoms with van der Waals surface area (Å²) < 4.78 is 18.6. The van der Waals surface area contributed by atoms with Crippen LogP contribution in [0, 0.1) is 5.82 Å². The second-order valence-corrected chi connectivity index (χ2v) is 7.52. The molecule has 3 atom stereocenters. The number of nitrogens with two attached hydrogens (primary N) is 1. The molecule has 0 bridgehead atoms. The van der Waals surface area contributed by atoms with Crippen molar-refractivity contribution in [1.29, 1.82) is 0 Å². The molecule has 106 valence electrons. The molecule has 5 heteroatoms. The summed E-state index contributed by atoms with van der Waals surface area (Å²) in [6.45, 7) is 2.23. The van der Waals surface area contributed by atoms with Crippen molar-refractivity contribution in [3.63, 3.8) is 0 Å². The molecule has 1 heterocycles. The van der Waals surface area contributed by atoms with Gasteiger partial charge in [-0.3, -0.25) is 0 Å². The van der Waals surface area contributed by atoms with Gasteiger partial charge in [-0.2, -0.15) is 23.5 Å². The molecule has 0 saturated carbocycles. The van der Waals surface area contributed by atoms with Gasteiger partial charge in [-0.15, -0.1) is 0 Å². The Hall–Kier alpha value is -0.390. The number of ether oxygens (including phenoxy) is 1. The molecule has 2 N–H and O–H groups in total. The lowest BCUT2D eigenvalue weighted by Gasteiger charge is -2.32. The fourth-order valence-electron chi connectivity index (χ4n) is 2.35. The molecular weight excluding hydrogens is 281 g/mol. The smallest absolute Gasteiger partial charge is 0.165 e. The van der Waals surface area contributed by atoms with E-state index in [0.717, 1.165) is 11.3 Å². The van der Waals surface area contributed by atoms with Gasteiger partial charge in [-0.05, 0) is 24.1 Å². The van der Waals surface area contributed by atoms with Crippen LogP contribution in [0.25, 0.3) is 0 Å². The van der Waals surface area contributed by atoms with Crippen LogP contribution in [0.2, 0.25) is 0 Å². The molecular formula is C14H20FNOS2. The van der Waals surface area contributed by atoms with Gasteiger partial charge in [0.2, 0.25) is 0 Å². The lowest BCUT2D eigenvalue weighted by Crippen LogP contribution is -2.42. The molecule has 1 aromatic rings. The highest BCUT2D eigenvalue weighted by atomic mass is 32.2. The highest BCUT2D eigenvalue weighted by molar-refractivity contribution is 8.07. The van der Waals surface area contributed by atoms with Gasteiger partial charge in [0.15, 0.2) is 11.6 Å². The standard InChI is InChI=1S/C14H20FNOS2/c1-9-14(19-6-5-18-9)12(16)8-10-3-4-13(17-2)11(15)7-10/h3-4,7,9,12,14H,5-6,8,16H2,1-2H3. The Morgan fingerprint density at radius 2 is 2.16 bits per heavy atom. The summed E-state index contributed by atoms with van der Waals surface area (Å²) in [6.07, 6.45) is 0.712. The molecule has 0 aliphatic carbocycles. The van der Waals surface area contributed by atoms with Crippen LogP contribution in [-0.2, 0) is 6.42 Å². The molecule has 1 aliphatic heterocycles. The van der Waals surface area contributed by atoms with Crippen molar-refractivity contribution >= 4 is 23.5 Å². The van der Waals surface area contributed by atoms with E-state index in [1.807, 2.05) is 29.6 Å². The fraction of sp³-hybridized carbons (Fsp3) is 0.571. The number of benzene rings is 1. The lowest BCUT2D eigenvalue weighted by molar-refractivity contribution is 0.386. The monoisotopic (exact) mass is 301 g/mol. The van der Waals surface area contributed by atoms with Gasteiger partial charge in [0.25, 0.3) is 0 Å². The zero-order chi connectivity index (χ0) is 13.8. The molecule has 2 rings (SSSR count). The fourth-order valence-corrected chi connectivity index (χ4v) is 5.24. The zero-order valence-corrected chi connectivity index (χ0v) is 12.9. The van der Waals surface area contributed by atoms with E-state index in [9.17, 15) is 4.39 Å². The van der Waals surface area contributed by atoms with Crippen LogP contribution in [0.3, 0.4) is 0 Å².